The van der Waals surface area contributed by atoms with Crippen LogP contribution in [0.1, 0.15) is 10.4 Å². The van der Waals surface area contributed by atoms with E-state index >= 15 is 0 Å². The largest absolute Gasteiger partial charge is 0.366 e. The Labute approximate surface area is 121 Å². The maximum atomic E-state index is 11.3. The Morgan fingerprint density at radius 2 is 1.85 bits per heavy atom. The number of fused-ring (bicyclic) bond motifs is 1. The van der Waals surface area contributed by atoms with Gasteiger partial charge in [0.1, 0.15) is 11.2 Å². The molecule has 0 atom stereocenters. The topological polar surface area (TPSA) is 81.8 Å². The third kappa shape index (κ3) is 2.44. The number of nitrogens with zero attached hydrogens (tertiary/aromatic N) is 3. The Bertz CT molecular complexity index is 761. The van der Waals surface area contributed by atoms with Crippen molar-refractivity contribution in [2.45, 2.75) is 0 Å². The summed E-state index contributed by atoms with van der Waals surface area (Å²) in [5.74, 6) is -0.509. The summed E-state index contributed by atoms with van der Waals surface area (Å²) < 4.78 is 0. The van der Waals surface area contributed by atoms with Crippen molar-refractivity contribution in [1.29, 1.82) is 0 Å². The zero-order valence-corrected chi connectivity index (χ0v) is 11.2. The summed E-state index contributed by atoms with van der Waals surface area (Å²) >= 11 is 0. The van der Waals surface area contributed by atoms with Crippen LogP contribution in [0.5, 0.6) is 0 Å². The summed E-state index contributed by atoms with van der Waals surface area (Å²) in [7, 11) is 0. The average molecular weight is 287 g/mol. The molecule has 3 aromatic rings. The Balaban J connectivity index is 0.00000147. The van der Waals surface area contributed by atoms with Gasteiger partial charge in [-0.3, -0.25) is 9.78 Å². The number of nitrogens with two attached hydrogens (primary N) is 1. The lowest BCUT2D eigenvalue weighted by Crippen LogP contribution is -2.12. The first kappa shape index (κ1) is 13.9. The molecular weight excluding hydrogens is 276 g/mol. The van der Waals surface area contributed by atoms with Crippen LogP contribution in [0.2, 0.25) is 0 Å². The quantitative estimate of drug-likeness (QED) is 0.783. The maximum Gasteiger partial charge on any atom is 0.250 e. The SMILES string of the molecule is Cl.NC(=O)c1cccc2cc(-c3ccccn3)nnc12. The number of rotatable bonds is 2. The first-order chi connectivity index (χ1) is 9.25. The zero-order chi connectivity index (χ0) is 13.2. The Morgan fingerprint density at radius 1 is 1.00 bits per heavy atom. The van der Waals surface area contributed by atoms with Gasteiger partial charge in [0, 0.05) is 11.6 Å². The maximum absolute atomic E-state index is 11.3. The molecule has 0 bridgehead atoms. The smallest absolute Gasteiger partial charge is 0.250 e. The lowest BCUT2D eigenvalue weighted by Gasteiger charge is -2.03. The van der Waals surface area contributed by atoms with E-state index in [9.17, 15) is 4.79 Å². The molecule has 0 aliphatic heterocycles. The fourth-order valence-corrected chi connectivity index (χ4v) is 1.91. The van der Waals surface area contributed by atoms with Crippen molar-refractivity contribution >= 4 is 29.2 Å². The van der Waals surface area contributed by atoms with Gasteiger partial charge in [0.05, 0.1) is 11.3 Å². The third-order valence-electron chi connectivity index (χ3n) is 2.81. The van der Waals surface area contributed by atoms with E-state index < -0.39 is 5.91 Å². The predicted octanol–water partition coefficient (Wildman–Crippen LogP) is 2.21. The van der Waals surface area contributed by atoms with Crippen LogP contribution >= 0.6 is 12.4 Å². The highest BCUT2D eigenvalue weighted by atomic mass is 35.5. The number of halogens is 1. The number of carbonyl (C=O) groups is 1. The number of hydrogen-bond acceptors (Lipinski definition) is 4. The number of carbonyl (C=O) groups excluding carboxylic acids is 1. The summed E-state index contributed by atoms with van der Waals surface area (Å²) in [6, 6.07) is 12.7. The van der Waals surface area contributed by atoms with Crippen molar-refractivity contribution in [3.8, 4) is 11.4 Å². The molecule has 0 unspecified atom stereocenters. The van der Waals surface area contributed by atoms with Crippen molar-refractivity contribution in [3.63, 3.8) is 0 Å². The molecule has 0 aliphatic carbocycles. The van der Waals surface area contributed by atoms with Crippen molar-refractivity contribution in [3.05, 3.63) is 54.2 Å². The molecular formula is C14H11ClN4O. The van der Waals surface area contributed by atoms with E-state index in [0.29, 0.717) is 16.8 Å². The molecule has 6 heteroatoms. The van der Waals surface area contributed by atoms with Gasteiger partial charge in [-0.05, 0) is 24.3 Å². The summed E-state index contributed by atoms with van der Waals surface area (Å²) in [5, 5.41) is 9.00. The van der Waals surface area contributed by atoms with Crippen LogP contribution in [-0.4, -0.2) is 21.1 Å². The van der Waals surface area contributed by atoms with E-state index in [1.807, 2.05) is 30.3 Å². The van der Waals surface area contributed by atoms with Gasteiger partial charge in [0.2, 0.25) is 0 Å². The highest BCUT2D eigenvalue weighted by Crippen LogP contribution is 2.20. The molecule has 0 aliphatic rings. The van der Waals surface area contributed by atoms with Gasteiger partial charge in [-0.2, -0.15) is 0 Å². The molecule has 2 N–H and O–H groups in total. The minimum absolute atomic E-state index is 0. The molecule has 100 valence electrons. The van der Waals surface area contributed by atoms with Crippen LogP contribution in [0.4, 0.5) is 0 Å². The molecule has 0 fully saturated rings. The Hall–Kier alpha value is -2.53. The second-order valence-corrected chi connectivity index (χ2v) is 4.05. The summed E-state index contributed by atoms with van der Waals surface area (Å²) in [4.78, 5) is 15.5. The molecule has 2 heterocycles. The molecule has 20 heavy (non-hydrogen) atoms. The molecule has 0 radical (unpaired) electrons. The number of benzene rings is 1. The summed E-state index contributed by atoms with van der Waals surface area (Å²) in [6.45, 7) is 0. The number of hydrogen-bond donors (Lipinski definition) is 1. The second kappa shape index (κ2) is 5.63. The Morgan fingerprint density at radius 3 is 2.55 bits per heavy atom. The standard InChI is InChI=1S/C14H10N4O.ClH/c15-14(19)10-5-3-4-9-8-12(17-18-13(9)10)11-6-1-2-7-16-11;/h1-8H,(H2,15,19);1H. The molecule has 0 saturated heterocycles. The van der Waals surface area contributed by atoms with Crippen LogP contribution in [0.15, 0.2) is 48.7 Å². The van der Waals surface area contributed by atoms with Gasteiger partial charge >= 0.3 is 0 Å². The van der Waals surface area contributed by atoms with Crippen LogP contribution in [-0.2, 0) is 0 Å². The predicted molar refractivity (Wildman–Crippen MR) is 78.5 cm³/mol. The first-order valence-corrected chi connectivity index (χ1v) is 5.73. The minimum Gasteiger partial charge on any atom is -0.366 e. The van der Waals surface area contributed by atoms with E-state index in [4.69, 9.17) is 5.73 Å². The van der Waals surface area contributed by atoms with Crippen molar-refractivity contribution in [2.75, 3.05) is 0 Å². The number of aromatic nitrogens is 3. The summed E-state index contributed by atoms with van der Waals surface area (Å²) in [6.07, 6.45) is 1.70. The van der Waals surface area contributed by atoms with Crippen LogP contribution in [0.25, 0.3) is 22.3 Å². The highest BCUT2D eigenvalue weighted by Gasteiger charge is 2.09. The zero-order valence-electron chi connectivity index (χ0n) is 10.4. The third-order valence-corrected chi connectivity index (χ3v) is 2.81. The van der Waals surface area contributed by atoms with Gasteiger partial charge < -0.3 is 5.73 Å². The number of amides is 1. The van der Waals surface area contributed by atoms with E-state index in [-0.39, 0.29) is 12.4 Å². The minimum atomic E-state index is -0.509. The molecule has 3 rings (SSSR count). The normalized spacial score (nSPS) is 10.0. The molecule has 1 amide bonds. The van der Waals surface area contributed by atoms with Crippen molar-refractivity contribution in [2.24, 2.45) is 5.73 Å². The van der Waals surface area contributed by atoms with Crippen molar-refractivity contribution in [1.82, 2.24) is 15.2 Å². The molecule has 1 aromatic carbocycles. The van der Waals surface area contributed by atoms with E-state index in [1.54, 1.807) is 18.3 Å². The van der Waals surface area contributed by atoms with E-state index in [1.165, 1.54) is 0 Å². The van der Waals surface area contributed by atoms with Gasteiger partial charge in [-0.25, -0.2) is 0 Å². The fourth-order valence-electron chi connectivity index (χ4n) is 1.91. The number of pyridine rings is 1. The Kier molecular flexibility index (Phi) is 3.91. The first-order valence-electron chi connectivity index (χ1n) is 5.73. The average Bonchev–Trinajstić information content (AvgIpc) is 2.47. The molecule has 2 aromatic heterocycles. The van der Waals surface area contributed by atoms with Crippen LogP contribution < -0.4 is 5.73 Å². The molecule has 5 nitrogen and oxygen atoms in total. The molecule has 0 spiro atoms. The summed E-state index contributed by atoms with van der Waals surface area (Å²) in [5.41, 5.74) is 7.59. The number of primary amides is 1. The fraction of sp³-hybridized carbons (Fsp3) is 0. The second-order valence-electron chi connectivity index (χ2n) is 4.05. The van der Waals surface area contributed by atoms with Crippen molar-refractivity contribution < 1.29 is 4.79 Å². The van der Waals surface area contributed by atoms with Gasteiger partial charge in [-0.1, -0.05) is 18.2 Å². The van der Waals surface area contributed by atoms with Gasteiger partial charge in [-0.15, -0.1) is 22.6 Å². The van der Waals surface area contributed by atoms with Gasteiger partial charge in [0.15, 0.2) is 0 Å². The lowest BCUT2D eigenvalue weighted by molar-refractivity contribution is 0.100. The molecule has 0 saturated carbocycles. The van der Waals surface area contributed by atoms with Crippen LogP contribution in [0.3, 0.4) is 0 Å². The van der Waals surface area contributed by atoms with Gasteiger partial charge in [0.25, 0.3) is 5.91 Å². The highest BCUT2D eigenvalue weighted by molar-refractivity contribution is 6.04. The lowest BCUT2D eigenvalue weighted by atomic mass is 10.1. The van der Waals surface area contributed by atoms with Crippen LogP contribution in [0, 0.1) is 0 Å². The monoisotopic (exact) mass is 286 g/mol. The van der Waals surface area contributed by atoms with E-state index in [2.05, 4.69) is 15.2 Å². The van der Waals surface area contributed by atoms with E-state index in [0.717, 1.165) is 11.1 Å².